The first-order valence-electron chi connectivity index (χ1n) is 10.3. The van der Waals surface area contributed by atoms with Crippen molar-refractivity contribution >= 4 is 40.1 Å². The van der Waals surface area contributed by atoms with Crippen molar-refractivity contribution in [1.82, 2.24) is 14.9 Å². The number of hydrogen-bond acceptors (Lipinski definition) is 5. The fourth-order valence-electron chi connectivity index (χ4n) is 3.24. The highest BCUT2D eigenvalue weighted by molar-refractivity contribution is 6.32. The predicted octanol–water partition coefficient (Wildman–Crippen LogP) is 3.16. The molecule has 2 N–H and O–H groups in total. The summed E-state index contributed by atoms with van der Waals surface area (Å²) in [5, 5.41) is 5.89. The van der Waals surface area contributed by atoms with Crippen LogP contribution in [0.3, 0.4) is 0 Å². The molecule has 0 fully saturated rings. The summed E-state index contributed by atoms with van der Waals surface area (Å²) < 4.78 is 6.49. The average molecular weight is 457 g/mol. The largest absolute Gasteiger partial charge is 0.495 e. The van der Waals surface area contributed by atoms with Gasteiger partial charge in [0.2, 0.25) is 11.8 Å². The Labute approximate surface area is 190 Å². The van der Waals surface area contributed by atoms with Gasteiger partial charge in [0.15, 0.2) is 0 Å². The van der Waals surface area contributed by atoms with E-state index in [0.717, 1.165) is 6.42 Å². The van der Waals surface area contributed by atoms with Crippen LogP contribution in [0.1, 0.15) is 25.5 Å². The van der Waals surface area contributed by atoms with E-state index in [0.29, 0.717) is 34.0 Å². The third kappa shape index (κ3) is 5.64. The third-order valence-corrected chi connectivity index (χ3v) is 5.11. The Morgan fingerprint density at radius 2 is 1.94 bits per heavy atom. The normalized spacial score (nSPS) is 10.7. The van der Waals surface area contributed by atoms with E-state index in [1.54, 1.807) is 42.5 Å². The number of carbonyl (C=O) groups excluding carboxylic acids is 2. The van der Waals surface area contributed by atoms with Crippen molar-refractivity contribution in [2.75, 3.05) is 19.0 Å². The zero-order valence-corrected chi connectivity index (χ0v) is 18.7. The highest BCUT2D eigenvalue weighted by atomic mass is 35.5. The minimum absolute atomic E-state index is 0.137. The third-order valence-electron chi connectivity index (χ3n) is 4.82. The van der Waals surface area contributed by atoms with Crippen LogP contribution in [0.15, 0.2) is 47.3 Å². The van der Waals surface area contributed by atoms with Gasteiger partial charge in [-0.25, -0.2) is 4.98 Å². The number of nitrogens with zero attached hydrogens (tertiary/aromatic N) is 2. The summed E-state index contributed by atoms with van der Waals surface area (Å²) >= 11 is 6.12. The number of methoxy groups -OCH3 is 1. The maximum Gasteiger partial charge on any atom is 0.273 e. The molecule has 0 saturated heterocycles. The molecular formula is C23H25ClN4O4. The Balaban J connectivity index is 1.83. The molecule has 168 valence electrons. The van der Waals surface area contributed by atoms with Crippen LogP contribution in [0.25, 0.3) is 11.0 Å². The van der Waals surface area contributed by atoms with Gasteiger partial charge in [0.05, 0.1) is 23.2 Å². The molecule has 0 spiro atoms. The fraction of sp³-hybridized carbons (Fsp3) is 0.304. The van der Waals surface area contributed by atoms with Crippen LogP contribution in [0.5, 0.6) is 5.75 Å². The van der Waals surface area contributed by atoms with Crippen LogP contribution in [0.4, 0.5) is 5.69 Å². The molecule has 0 bridgehead atoms. The van der Waals surface area contributed by atoms with E-state index in [-0.39, 0.29) is 31.0 Å². The number of aryl methyl sites for hydroxylation is 1. The van der Waals surface area contributed by atoms with Crippen LogP contribution < -0.4 is 20.9 Å². The summed E-state index contributed by atoms with van der Waals surface area (Å²) in [6, 6.07) is 12.0. The molecule has 1 heterocycles. The summed E-state index contributed by atoms with van der Waals surface area (Å²) in [5.41, 5.74) is 1.46. The van der Waals surface area contributed by atoms with Crippen molar-refractivity contribution < 1.29 is 14.3 Å². The molecule has 0 unspecified atom stereocenters. The fourth-order valence-corrected chi connectivity index (χ4v) is 3.50. The summed E-state index contributed by atoms with van der Waals surface area (Å²) in [6.07, 6.45) is 1.17. The van der Waals surface area contributed by atoms with Gasteiger partial charge in [-0.05, 0) is 36.8 Å². The lowest BCUT2D eigenvalue weighted by Crippen LogP contribution is -2.32. The molecule has 0 radical (unpaired) electrons. The molecule has 1 aromatic heterocycles. The second-order valence-corrected chi connectivity index (χ2v) is 7.59. The van der Waals surface area contributed by atoms with E-state index >= 15 is 0 Å². The number of nitrogens with one attached hydrogen (secondary N) is 2. The van der Waals surface area contributed by atoms with Crippen molar-refractivity contribution in [1.29, 1.82) is 0 Å². The van der Waals surface area contributed by atoms with Gasteiger partial charge in [0.25, 0.3) is 5.56 Å². The van der Waals surface area contributed by atoms with Gasteiger partial charge in [0.1, 0.15) is 18.0 Å². The van der Waals surface area contributed by atoms with Crippen molar-refractivity contribution in [3.05, 3.63) is 63.5 Å². The summed E-state index contributed by atoms with van der Waals surface area (Å²) in [5.74, 6) is -0.0353. The van der Waals surface area contributed by atoms with Gasteiger partial charge in [-0.15, -0.1) is 0 Å². The summed E-state index contributed by atoms with van der Waals surface area (Å²) in [4.78, 5) is 42.2. The van der Waals surface area contributed by atoms with E-state index in [2.05, 4.69) is 15.6 Å². The smallest absolute Gasteiger partial charge is 0.273 e. The molecule has 8 nitrogen and oxygen atoms in total. The van der Waals surface area contributed by atoms with Crippen LogP contribution in [-0.2, 0) is 22.6 Å². The lowest BCUT2D eigenvalue weighted by atomic mass is 10.2. The molecule has 32 heavy (non-hydrogen) atoms. The van der Waals surface area contributed by atoms with Gasteiger partial charge in [-0.2, -0.15) is 0 Å². The number of anilines is 1. The molecule has 0 aliphatic rings. The summed E-state index contributed by atoms with van der Waals surface area (Å²) in [6.45, 7) is 2.35. The second-order valence-electron chi connectivity index (χ2n) is 7.19. The number of fused-ring (bicyclic) bond motifs is 1. The second kappa shape index (κ2) is 10.8. The topological polar surface area (TPSA) is 102 Å². The van der Waals surface area contributed by atoms with Crippen LogP contribution >= 0.6 is 11.6 Å². The SMILES string of the molecule is CCCNC(=O)CCc1nc2ccccc2n(CC(=O)Nc2ccc(OC)c(Cl)c2)c1=O. The number of carbonyl (C=O) groups is 2. The number of para-hydroxylation sites is 2. The quantitative estimate of drug-likeness (QED) is 0.515. The van der Waals surface area contributed by atoms with Gasteiger partial charge < -0.3 is 15.4 Å². The molecule has 2 aromatic carbocycles. The van der Waals surface area contributed by atoms with E-state index < -0.39 is 11.5 Å². The zero-order chi connectivity index (χ0) is 23.1. The molecule has 0 atom stereocenters. The molecule has 0 aliphatic heterocycles. The Morgan fingerprint density at radius 3 is 2.66 bits per heavy atom. The summed E-state index contributed by atoms with van der Waals surface area (Å²) in [7, 11) is 1.51. The van der Waals surface area contributed by atoms with Crippen LogP contribution in [-0.4, -0.2) is 35.0 Å². The molecule has 0 aliphatic carbocycles. The van der Waals surface area contributed by atoms with Gasteiger partial charge in [-0.1, -0.05) is 30.7 Å². The van der Waals surface area contributed by atoms with Gasteiger partial charge >= 0.3 is 0 Å². The highest BCUT2D eigenvalue weighted by Gasteiger charge is 2.15. The van der Waals surface area contributed by atoms with E-state index in [9.17, 15) is 14.4 Å². The van der Waals surface area contributed by atoms with Crippen LogP contribution in [0.2, 0.25) is 5.02 Å². The molecule has 3 rings (SSSR count). The van der Waals surface area contributed by atoms with Crippen LogP contribution in [0, 0.1) is 0 Å². The zero-order valence-electron chi connectivity index (χ0n) is 18.0. The number of amides is 2. The number of halogens is 1. The number of ether oxygens (including phenoxy) is 1. The first-order valence-corrected chi connectivity index (χ1v) is 10.7. The first-order chi connectivity index (χ1) is 15.4. The predicted molar refractivity (Wildman–Crippen MR) is 124 cm³/mol. The van der Waals surface area contributed by atoms with Crippen molar-refractivity contribution in [2.45, 2.75) is 32.7 Å². The monoisotopic (exact) mass is 456 g/mol. The van der Waals surface area contributed by atoms with Crippen molar-refractivity contribution in [3.63, 3.8) is 0 Å². The van der Waals surface area contributed by atoms with Gasteiger partial charge in [0, 0.05) is 25.1 Å². The van der Waals surface area contributed by atoms with E-state index in [1.807, 2.05) is 6.92 Å². The number of hydrogen-bond donors (Lipinski definition) is 2. The van der Waals surface area contributed by atoms with E-state index in [1.165, 1.54) is 11.7 Å². The molecule has 0 saturated carbocycles. The Kier molecular flexibility index (Phi) is 7.83. The Hall–Kier alpha value is -3.39. The maximum atomic E-state index is 13.1. The Bertz CT molecular complexity index is 1190. The molecule has 3 aromatic rings. The van der Waals surface area contributed by atoms with E-state index in [4.69, 9.17) is 16.3 Å². The number of rotatable bonds is 9. The minimum Gasteiger partial charge on any atom is -0.495 e. The lowest BCUT2D eigenvalue weighted by molar-refractivity contribution is -0.121. The molecule has 2 amide bonds. The number of aromatic nitrogens is 2. The average Bonchev–Trinajstić information content (AvgIpc) is 2.78. The lowest BCUT2D eigenvalue weighted by Gasteiger charge is -2.13. The maximum absolute atomic E-state index is 13.1. The first kappa shape index (κ1) is 23.3. The van der Waals surface area contributed by atoms with Gasteiger partial charge in [-0.3, -0.25) is 19.0 Å². The molecular weight excluding hydrogens is 432 g/mol. The minimum atomic E-state index is -0.394. The van der Waals surface area contributed by atoms with Crippen molar-refractivity contribution in [2.24, 2.45) is 0 Å². The van der Waals surface area contributed by atoms with Crippen molar-refractivity contribution in [3.8, 4) is 5.75 Å². The number of benzene rings is 2. The Morgan fingerprint density at radius 1 is 1.16 bits per heavy atom. The molecule has 9 heteroatoms. The standard InChI is InChI=1S/C23H25ClN4O4/c1-3-12-25-21(29)11-9-18-23(31)28(19-7-5-4-6-17(19)27-18)14-22(30)26-15-8-10-20(32-2)16(24)13-15/h4-8,10,13H,3,9,11-12,14H2,1-2H3,(H,25,29)(H,26,30). The highest BCUT2D eigenvalue weighted by Crippen LogP contribution is 2.27.